The second-order valence-corrected chi connectivity index (χ2v) is 7.88. The van der Waals surface area contributed by atoms with E-state index in [1.54, 1.807) is 6.92 Å². The van der Waals surface area contributed by atoms with Gasteiger partial charge in [0.25, 0.3) is 0 Å². The van der Waals surface area contributed by atoms with Crippen LogP contribution in [-0.2, 0) is 10.0 Å². The predicted molar refractivity (Wildman–Crippen MR) is 76.2 cm³/mol. The first kappa shape index (κ1) is 15.9. The molecule has 1 unspecified atom stereocenters. The van der Waals surface area contributed by atoms with Gasteiger partial charge in [-0.1, -0.05) is 26.2 Å². The van der Waals surface area contributed by atoms with Crippen molar-refractivity contribution in [1.29, 1.82) is 0 Å². The van der Waals surface area contributed by atoms with Gasteiger partial charge < -0.3 is 5.32 Å². The van der Waals surface area contributed by atoms with Gasteiger partial charge >= 0.3 is 0 Å². The summed E-state index contributed by atoms with van der Waals surface area (Å²) in [5.41, 5.74) is -0.226. The molecule has 0 heterocycles. The van der Waals surface area contributed by atoms with Crippen LogP contribution < -0.4 is 10.0 Å². The third-order valence-corrected chi connectivity index (χ3v) is 5.74. The first-order chi connectivity index (χ1) is 8.40. The fourth-order valence-electron chi connectivity index (χ4n) is 2.47. The molecule has 0 radical (unpaired) electrons. The zero-order valence-electron chi connectivity index (χ0n) is 12.0. The van der Waals surface area contributed by atoms with E-state index in [1.807, 2.05) is 6.92 Å². The maximum absolute atomic E-state index is 12.2. The van der Waals surface area contributed by atoms with E-state index in [0.29, 0.717) is 6.54 Å². The number of sulfonamides is 1. The highest BCUT2D eigenvalue weighted by molar-refractivity contribution is 7.90. The van der Waals surface area contributed by atoms with Gasteiger partial charge in [0, 0.05) is 12.1 Å². The van der Waals surface area contributed by atoms with Crippen LogP contribution in [0.2, 0.25) is 0 Å². The smallest absolute Gasteiger partial charge is 0.215 e. The highest BCUT2D eigenvalue weighted by Gasteiger charge is 2.33. The maximum Gasteiger partial charge on any atom is 0.215 e. The molecule has 1 aliphatic rings. The van der Waals surface area contributed by atoms with Crippen LogP contribution in [0.5, 0.6) is 0 Å². The molecule has 0 aromatic heterocycles. The summed E-state index contributed by atoms with van der Waals surface area (Å²) in [6.45, 7) is 7.29. The molecule has 18 heavy (non-hydrogen) atoms. The summed E-state index contributed by atoms with van der Waals surface area (Å²) < 4.78 is 27.4. The fourth-order valence-corrected chi connectivity index (χ4v) is 3.90. The van der Waals surface area contributed by atoms with Crippen LogP contribution in [0.4, 0.5) is 0 Å². The molecule has 0 aromatic carbocycles. The minimum atomic E-state index is -3.21. The van der Waals surface area contributed by atoms with Crippen molar-refractivity contribution >= 4 is 10.0 Å². The third kappa shape index (κ3) is 4.86. The molecule has 4 nitrogen and oxygen atoms in total. The van der Waals surface area contributed by atoms with Crippen molar-refractivity contribution in [2.45, 2.75) is 70.1 Å². The minimum Gasteiger partial charge on any atom is -0.315 e. The summed E-state index contributed by atoms with van der Waals surface area (Å²) in [7, 11) is -3.21. The van der Waals surface area contributed by atoms with E-state index in [0.717, 1.165) is 38.6 Å². The molecule has 5 heteroatoms. The topological polar surface area (TPSA) is 58.2 Å². The van der Waals surface area contributed by atoms with Crippen molar-refractivity contribution in [2.24, 2.45) is 0 Å². The number of hydrogen-bond donors (Lipinski definition) is 2. The molecule has 0 aliphatic heterocycles. The second kappa shape index (κ2) is 6.87. The standard InChI is InChI=1S/C13H28N2O2S/c1-4-10-14-11-12(2)18(16,17)15-13(3)8-6-5-7-9-13/h12,14-15H,4-11H2,1-3H3. The molecule has 0 spiro atoms. The van der Waals surface area contributed by atoms with Crippen molar-refractivity contribution in [3.05, 3.63) is 0 Å². The van der Waals surface area contributed by atoms with Gasteiger partial charge in [-0.15, -0.1) is 0 Å². The first-order valence-corrected chi connectivity index (χ1v) is 8.68. The Morgan fingerprint density at radius 1 is 1.22 bits per heavy atom. The zero-order valence-corrected chi connectivity index (χ0v) is 12.8. The summed E-state index contributed by atoms with van der Waals surface area (Å²) in [4.78, 5) is 0. The molecule has 0 amide bonds. The van der Waals surface area contributed by atoms with Gasteiger partial charge in [-0.3, -0.25) is 0 Å². The number of rotatable bonds is 7. The van der Waals surface area contributed by atoms with E-state index in [4.69, 9.17) is 0 Å². The molecule has 1 saturated carbocycles. The summed E-state index contributed by atoms with van der Waals surface area (Å²) in [6.07, 6.45) is 6.43. The molecule has 1 fully saturated rings. The second-order valence-electron chi connectivity index (χ2n) is 5.78. The van der Waals surface area contributed by atoms with Gasteiger partial charge in [0.2, 0.25) is 10.0 Å². The van der Waals surface area contributed by atoms with Crippen LogP contribution in [0, 0.1) is 0 Å². The third-order valence-electron chi connectivity index (χ3n) is 3.73. The van der Waals surface area contributed by atoms with Crippen molar-refractivity contribution in [1.82, 2.24) is 10.0 Å². The first-order valence-electron chi connectivity index (χ1n) is 7.13. The highest BCUT2D eigenvalue weighted by Crippen LogP contribution is 2.28. The highest BCUT2D eigenvalue weighted by atomic mass is 32.2. The summed E-state index contributed by atoms with van der Waals surface area (Å²) in [5, 5.41) is 2.80. The average molecular weight is 276 g/mol. The molecule has 1 rings (SSSR count). The molecule has 0 bridgehead atoms. The van der Waals surface area contributed by atoms with Crippen molar-refractivity contribution in [2.75, 3.05) is 13.1 Å². The zero-order chi connectivity index (χ0) is 13.6. The number of hydrogen-bond acceptors (Lipinski definition) is 3. The Bertz CT molecular complexity index is 335. The quantitative estimate of drug-likeness (QED) is 0.699. The van der Waals surface area contributed by atoms with Gasteiger partial charge in [-0.05, 0) is 39.7 Å². The number of nitrogens with one attached hydrogen (secondary N) is 2. The van der Waals surface area contributed by atoms with Gasteiger partial charge in [0.15, 0.2) is 0 Å². The van der Waals surface area contributed by atoms with E-state index >= 15 is 0 Å². The van der Waals surface area contributed by atoms with Crippen molar-refractivity contribution in [3.63, 3.8) is 0 Å². The summed E-state index contributed by atoms with van der Waals surface area (Å²) >= 11 is 0. The molecule has 0 aromatic rings. The minimum absolute atomic E-state index is 0.226. The molecule has 108 valence electrons. The van der Waals surface area contributed by atoms with E-state index in [2.05, 4.69) is 17.0 Å². The lowest BCUT2D eigenvalue weighted by Gasteiger charge is -2.35. The van der Waals surface area contributed by atoms with Crippen LogP contribution in [0.1, 0.15) is 59.3 Å². The Balaban J connectivity index is 2.51. The monoisotopic (exact) mass is 276 g/mol. The SMILES string of the molecule is CCCNCC(C)S(=O)(=O)NC1(C)CCCCC1. The summed E-state index contributed by atoms with van der Waals surface area (Å²) in [5.74, 6) is 0. The lowest BCUT2D eigenvalue weighted by Crippen LogP contribution is -2.51. The molecule has 2 N–H and O–H groups in total. The van der Waals surface area contributed by atoms with Crippen molar-refractivity contribution in [3.8, 4) is 0 Å². The predicted octanol–water partition coefficient (Wildman–Crippen LogP) is 2.02. The van der Waals surface area contributed by atoms with Gasteiger partial charge in [-0.25, -0.2) is 13.1 Å². The Hall–Kier alpha value is -0.130. The van der Waals surface area contributed by atoms with Crippen molar-refractivity contribution < 1.29 is 8.42 Å². The molecular formula is C13H28N2O2S. The molecular weight excluding hydrogens is 248 g/mol. The van der Waals surface area contributed by atoms with E-state index in [1.165, 1.54) is 6.42 Å². The van der Waals surface area contributed by atoms with Crippen LogP contribution in [0.3, 0.4) is 0 Å². The largest absolute Gasteiger partial charge is 0.315 e. The molecule has 0 saturated heterocycles. The normalized spacial score (nSPS) is 21.7. The summed E-state index contributed by atoms with van der Waals surface area (Å²) in [6, 6.07) is 0. The Labute approximate surface area is 112 Å². The Morgan fingerprint density at radius 3 is 2.39 bits per heavy atom. The van der Waals surface area contributed by atoms with E-state index < -0.39 is 10.0 Å². The van der Waals surface area contributed by atoms with Crippen LogP contribution in [0.25, 0.3) is 0 Å². The van der Waals surface area contributed by atoms with Gasteiger partial charge in [-0.2, -0.15) is 0 Å². The molecule has 1 atom stereocenters. The molecule has 1 aliphatic carbocycles. The van der Waals surface area contributed by atoms with Crippen LogP contribution in [-0.4, -0.2) is 32.3 Å². The van der Waals surface area contributed by atoms with Gasteiger partial charge in [0.1, 0.15) is 0 Å². The fraction of sp³-hybridized carbons (Fsp3) is 1.00. The van der Waals surface area contributed by atoms with E-state index in [9.17, 15) is 8.42 Å². The Morgan fingerprint density at radius 2 is 1.83 bits per heavy atom. The maximum atomic E-state index is 12.2. The van der Waals surface area contributed by atoms with Crippen LogP contribution in [0.15, 0.2) is 0 Å². The Kier molecular flexibility index (Phi) is 6.08. The lowest BCUT2D eigenvalue weighted by molar-refractivity contribution is 0.293. The van der Waals surface area contributed by atoms with Crippen LogP contribution >= 0.6 is 0 Å². The van der Waals surface area contributed by atoms with Gasteiger partial charge in [0.05, 0.1) is 5.25 Å². The lowest BCUT2D eigenvalue weighted by atomic mass is 9.84. The van der Waals surface area contributed by atoms with E-state index in [-0.39, 0.29) is 10.8 Å². The average Bonchev–Trinajstić information content (AvgIpc) is 2.28.